The quantitative estimate of drug-likeness (QED) is 0.460. The van der Waals surface area contributed by atoms with Crippen LogP contribution >= 0.6 is 22.9 Å². The Hall–Kier alpha value is -2.19. The van der Waals surface area contributed by atoms with E-state index < -0.39 is 16.1 Å². The smallest absolute Gasteiger partial charge is 0.253 e. The summed E-state index contributed by atoms with van der Waals surface area (Å²) in [5.41, 5.74) is 2.01. The molecule has 1 aromatic heterocycles. The summed E-state index contributed by atoms with van der Waals surface area (Å²) in [6, 6.07) is 21.9. The Bertz CT molecular complexity index is 1110. The van der Waals surface area contributed by atoms with Gasteiger partial charge in [-0.2, -0.15) is 4.31 Å². The molecule has 4 rings (SSSR count). The highest BCUT2D eigenvalue weighted by Crippen LogP contribution is 2.32. The van der Waals surface area contributed by atoms with Crippen LogP contribution in [0.4, 0.5) is 0 Å². The molecule has 1 atom stereocenters. The molecule has 1 aliphatic heterocycles. The second kappa shape index (κ2) is 10.2. The van der Waals surface area contributed by atoms with Gasteiger partial charge >= 0.3 is 0 Å². The molecule has 0 bridgehead atoms. The Balaban J connectivity index is 1.64. The lowest BCUT2D eigenvalue weighted by molar-refractivity contribution is -0.137. The van der Waals surface area contributed by atoms with Gasteiger partial charge in [-0.25, -0.2) is 8.42 Å². The molecular weight excluding hydrogens is 464 g/mol. The molecule has 0 radical (unpaired) electrons. The van der Waals surface area contributed by atoms with Gasteiger partial charge in [0.25, 0.3) is 10.0 Å². The van der Waals surface area contributed by atoms with Gasteiger partial charge in [0.15, 0.2) is 0 Å². The summed E-state index contributed by atoms with van der Waals surface area (Å²) in [5, 5.41) is 0. The molecule has 1 saturated heterocycles. The van der Waals surface area contributed by atoms with Crippen LogP contribution in [0, 0.1) is 0 Å². The first kappa shape index (κ1) is 23.0. The van der Waals surface area contributed by atoms with E-state index in [1.54, 1.807) is 11.0 Å². The minimum absolute atomic E-state index is 0.163. The summed E-state index contributed by atoms with van der Waals surface area (Å²) < 4.78 is 28.7. The highest BCUT2D eigenvalue weighted by atomic mass is 35.5. The van der Waals surface area contributed by atoms with Crippen LogP contribution in [0.25, 0.3) is 0 Å². The average molecular weight is 489 g/mol. The average Bonchev–Trinajstić information content (AvgIpc) is 3.27. The molecule has 8 heteroatoms. The molecule has 0 spiro atoms. The third kappa shape index (κ3) is 5.23. The van der Waals surface area contributed by atoms with E-state index in [9.17, 15) is 13.2 Å². The molecule has 0 aliphatic carbocycles. The Morgan fingerprint density at radius 3 is 2.06 bits per heavy atom. The lowest BCUT2D eigenvalue weighted by Crippen LogP contribution is -2.52. The summed E-state index contributed by atoms with van der Waals surface area (Å²) >= 11 is 7.02. The molecule has 2 aromatic carbocycles. The zero-order chi connectivity index (χ0) is 22.6. The van der Waals surface area contributed by atoms with Gasteiger partial charge in [-0.15, -0.1) is 11.3 Å². The van der Waals surface area contributed by atoms with E-state index >= 15 is 0 Å². The Morgan fingerprint density at radius 2 is 1.53 bits per heavy atom. The van der Waals surface area contributed by atoms with E-state index in [1.165, 1.54) is 10.4 Å². The maximum atomic E-state index is 13.8. The third-order valence-electron chi connectivity index (χ3n) is 5.59. The van der Waals surface area contributed by atoms with Crippen LogP contribution < -0.4 is 0 Å². The maximum Gasteiger partial charge on any atom is 0.253 e. The Kier molecular flexibility index (Phi) is 7.30. The number of benzene rings is 2. The second-order valence-corrected chi connectivity index (χ2v) is 11.7. The topological polar surface area (TPSA) is 57.7 Å². The molecule has 1 aliphatic rings. The number of rotatable bonds is 7. The van der Waals surface area contributed by atoms with E-state index in [0.29, 0.717) is 30.4 Å². The maximum absolute atomic E-state index is 13.8. The van der Waals surface area contributed by atoms with Crippen LogP contribution in [0.2, 0.25) is 4.34 Å². The fourth-order valence-electron chi connectivity index (χ4n) is 4.02. The molecule has 1 amide bonds. The highest BCUT2D eigenvalue weighted by Gasteiger charge is 2.40. The van der Waals surface area contributed by atoms with Gasteiger partial charge in [0.1, 0.15) is 10.3 Å². The van der Waals surface area contributed by atoms with Crippen LogP contribution in [0.15, 0.2) is 77.0 Å². The lowest BCUT2D eigenvalue weighted by Gasteiger charge is -2.36. The van der Waals surface area contributed by atoms with Gasteiger partial charge in [0.05, 0.1) is 4.34 Å². The number of nitrogens with zero attached hydrogens (tertiary/aromatic N) is 2. The number of piperidine rings is 1. The number of carbonyl (C=O) groups excluding carboxylic acids is 1. The molecule has 2 heterocycles. The normalized spacial score (nSPS) is 17.2. The number of hydrogen-bond acceptors (Lipinski definition) is 4. The van der Waals surface area contributed by atoms with Crippen molar-refractivity contribution in [3.63, 3.8) is 0 Å². The van der Waals surface area contributed by atoms with Crippen molar-refractivity contribution in [3.8, 4) is 0 Å². The van der Waals surface area contributed by atoms with E-state index in [4.69, 9.17) is 11.6 Å². The molecule has 5 nitrogen and oxygen atoms in total. The molecule has 0 N–H and O–H groups in total. The van der Waals surface area contributed by atoms with E-state index in [0.717, 1.165) is 35.3 Å². The van der Waals surface area contributed by atoms with Gasteiger partial charge in [-0.05, 0) is 36.1 Å². The minimum atomic E-state index is -3.79. The fraction of sp³-hybridized carbons (Fsp3) is 0.292. The van der Waals surface area contributed by atoms with Crippen LogP contribution in [-0.2, 0) is 27.9 Å². The summed E-state index contributed by atoms with van der Waals surface area (Å²) in [6.45, 7) is 1.17. The first-order valence-electron chi connectivity index (χ1n) is 10.6. The van der Waals surface area contributed by atoms with Crippen molar-refractivity contribution in [3.05, 3.63) is 88.3 Å². The van der Waals surface area contributed by atoms with Crippen molar-refractivity contribution < 1.29 is 13.2 Å². The van der Waals surface area contributed by atoms with Crippen LogP contribution in [0.3, 0.4) is 0 Å². The summed E-state index contributed by atoms with van der Waals surface area (Å²) in [6.07, 6.45) is 2.06. The number of amides is 1. The number of thiophene rings is 1. The monoisotopic (exact) mass is 488 g/mol. The van der Waals surface area contributed by atoms with Crippen molar-refractivity contribution in [2.75, 3.05) is 6.54 Å². The summed E-state index contributed by atoms with van der Waals surface area (Å²) in [7, 11) is -3.79. The zero-order valence-electron chi connectivity index (χ0n) is 17.6. The second-order valence-electron chi connectivity index (χ2n) is 7.85. The van der Waals surface area contributed by atoms with E-state index in [2.05, 4.69) is 0 Å². The highest BCUT2D eigenvalue weighted by molar-refractivity contribution is 7.91. The SMILES string of the molecule is O=C(C1CCCCN1S(=O)(=O)c1ccc(Cl)s1)N(Cc1ccccc1)Cc1ccccc1. The molecule has 0 saturated carbocycles. The number of hydrogen-bond donors (Lipinski definition) is 0. The standard InChI is InChI=1S/C24H25ClN2O3S2/c25-22-14-15-23(31-22)32(29,30)27-16-8-7-13-21(27)24(28)26(17-19-9-3-1-4-10-19)18-20-11-5-2-6-12-20/h1-6,9-12,14-15,21H,7-8,13,16-18H2. The van der Waals surface area contributed by atoms with Crippen molar-refractivity contribution in [2.45, 2.75) is 42.6 Å². The fourth-order valence-corrected chi connectivity index (χ4v) is 7.28. The zero-order valence-corrected chi connectivity index (χ0v) is 20.0. The van der Waals surface area contributed by atoms with Gasteiger partial charge in [-0.3, -0.25) is 4.79 Å². The number of halogens is 1. The summed E-state index contributed by atoms with van der Waals surface area (Å²) in [4.78, 5) is 15.6. The lowest BCUT2D eigenvalue weighted by atomic mass is 10.0. The van der Waals surface area contributed by atoms with Crippen molar-refractivity contribution in [2.24, 2.45) is 0 Å². The Labute approximate surface area is 198 Å². The minimum Gasteiger partial charge on any atom is -0.333 e. The van der Waals surface area contributed by atoms with E-state index in [-0.39, 0.29) is 10.1 Å². The molecule has 1 fully saturated rings. The van der Waals surface area contributed by atoms with Gasteiger partial charge < -0.3 is 4.90 Å². The first-order valence-corrected chi connectivity index (χ1v) is 13.2. The molecule has 3 aromatic rings. The van der Waals surface area contributed by atoms with Crippen LogP contribution in [0.5, 0.6) is 0 Å². The predicted octanol–water partition coefficient (Wildman–Crippen LogP) is 5.17. The largest absolute Gasteiger partial charge is 0.333 e. The van der Waals surface area contributed by atoms with Gasteiger partial charge in [0, 0.05) is 19.6 Å². The van der Waals surface area contributed by atoms with Crippen molar-refractivity contribution >= 4 is 38.9 Å². The molecule has 1 unspecified atom stereocenters. The number of sulfonamides is 1. The van der Waals surface area contributed by atoms with Crippen LogP contribution in [0.1, 0.15) is 30.4 Å². The Morgan fingerprint density at radius 1 is 0.938 bits per heavy atom. The molecular formula is C24H25ClN2O3S2. The number of carbonyl (C=O) groups is 1. The van der Waals surface area contributed by atoms with E-state index in [1.807, 2.05) is 60.7 Å². The third-order valence-corrected chi connectivity index (χ3v) is 9.20. The summed E-state index contributed by atoms with van der Waals surface area (Å²) in [5.74, 6) is -0.163. The van der Waals surface area contributed by atoms with Gasteiger partial charge in [0.2, 0.25) is 5.91 Å². The molecule has 168 valence electrons. The van der Waals surface area contributed by atoms with Gasteiger partial charge in [-0.1, -0.05) is 78.7 Å². The van der Waals surface area contributed by atoms with Crippen LogP contribution in [-0.4, -0.2) is 36.1 Å². The first-order chi connectivity index (χ1) is 15.4. The molecule has 32 heavy (non-hydrogen) atoms. The van der Waals surface area contributed by atoms with Crippen molar-refractivity contribution in [1.29, 1.82) is 0 Å². The van der Waals surface area contributed by atoms with Crippen molar-refractivity contribution in [1.82, 2.24) is 9.21 Å². The predicted molar refractivity (Wildman–Crippen MR) is 128 cm³/mol.